The number of aryl methyl sites for hydroxylation is 1. The molecule has 0 aliphatic heterocycles. The van der Waals surface area contributed by atoms with Crippen LogP contribution in [0.15, 0.2) is 121 Å². The summed E-state index contributed by atoms with van der Waals surface area (Å²) < 4.78 is 2.24. The van der Waals surface area contributed by atoms with Gasteiger partial charge in [0.25, 0.3) is 0 Å². The highest BCUT2D eigenvalue weighted by molar-refractivity contribution is 6.10. The fourth-order valence-electron chi connectivity index (χ4n) is 5.25. The van der Waals surface area contributed by atoms with Crippen LogP contribution in [0.25, 0.3) is 61.7 Å². The van der Waals surface area contributed by atoms with Crippen molar-refractivity contribution in [2.45, 2.75) is 6.92 Å². The van der Waals surface area contributed by atoms with E-state index in [-0.39, 0.29) is 0 Å². The lowest BCUT2D eigenvalue weighted by atomic mass is 10.1. The van der Waals surface area contributed by atoms with Crippen molar-refractivity contribution in [3.63, 3.8) is 0 Å². The van der Waals surface area contributed by atoms with E-state index in [9.17, 15) is 5.26 Å². The van der Waals surface area contributed by atoms with Gasteiger partial charge in [0.2, 0.25) is 0 Å². The van der Waals surface area contributed by atoms with Gasteiger partial charge in [0.15, 0.2) is 17.5 Å². The summed E-state index contributed by atoms with van der Waals surface area (Å²) in [5.41, 5.74) is 7.59. The molecule has 0 aliphatic rings. The maximum Gasteiger partial charge on any atom is 0.166 e. The first-order valence-corrected chi connectivity index (χ1v) is 13.1. The minimum Gasteiger partial charge on any atom is -0.309 e. The van der Waals surface area contributed by atoms with Crippen LogP contribution in [0.3, 0.4) is 0 Å². The number of para-hydroxylation sites is 1. The average molecular weight is 514 g/mol. The van der Waals surface area contributed by atoms with Crippen LogP contribution in [0.4, 0.5) is 0 Å². The van der Waals surface area contributed by atoms with Crippen LogP contribution < -0.4 is 0 Å². The second kappa shape index (κ2) is 9.61. The lowest BCUT2D eigenvalue weighted by molar-refractivity contribution is 1.06. The molecule has 7 rings (SSSR count). The normalized spacial score (nSPS) is 11.1. The van der Waals surface area contributed by atoms with Crippen molar-refractivity contribution in [2.75, 3.05) is 0 Å². The summed E-state index contributed by atoms with van der Waals surface area (Å²) in [4.78, 5) is 14.8. The van der Waals surface area contributed by atoms with E-state index in [1.807, 2.05) is 91.0 Å². The van der Waals surface area contributed by atoms with Crippen LogP contribution >= 0.6 is 0 Å². The standard InChI is InChI=1S/C35H23N5/c1-23-16-18-31-28(20-23)29-21-24(22-36)17-19-32(29)40(31)30-15-9-8-14-27(30)35-38-33(25-10-4-2-5-11-25)37-34(39-35)26-12-6-3-7-13-26/h2-21H,1H3. The van der Waals surface area contributed by atoms with Gasteiger partial charge >= 0.3 is 0 Å². The van der Waals surface area contributed by atoms with Gasteiger partial charge in [-0.05, 0) is 49.4 Å². The molecule has 2 aromatic heterocycles. The Morgan fingerprint density at radius 2 is 1.12 bits per heavy atom. The van der Waals surface area contributed by atoms with Crippen molar-refractivity contribution >= 4 is 21.8 Å². The third-order valence-corrected chi connectivity index (χ3v) is 7.13. The number of aromatic nitrogens is 4. The highest BCUT2D eigenvalue weighted by Crippen LogP contribution is 2.37. The molecule has 5 heteroatoms. The van der Waals surface area contributed by atoms with E-state index in [0.717, 1.165) is 44.2 Å². The summed E-state index contributed by atoms with van der Waals surface area (Å²) >= 11 is 0. The third-order valence-electron chi connectivity index (χ3n) is 7.13. The Kier molecular flexibility index (Phi) is 5.65. The fourth-order valence-corrected chi connectivity index (χ4v) is 5.25. The number of nitrogens with zero attached hydrogens (tertiary/aromatic N) is 5. The topological polar surface area (TPSA) is 67.4 Å². The summed E-state index contributed by atoms with van der Waals surface area (Å²) in [5, 5.41) is 11.7. The Morgan fingerprint density at radius 3 is 1.77 bits per heavy atom. The van der Waals surface area contributed by atoms with E-state index in [1.165, 1.54) is 5.56 Å². The zero-order chi connectivity index (χ0) is 27.1. The smallest absolute Gasteiger partial charge is 0.166 e. The maximum absolute atomic E-state index is 9.60. The van der Waals surface area contributed by atoms with Gasteiger partial charge in [0, 0.05) is 27.5 Å². The van der Waals surface area contributed by atoms with E-state index in [0.29, 0.717) is 23.0 Å². The van der Waals surface area contributed by atoms with Crippen molar-refractivity contribution in [2.24, 2.45) is 0 Å². The van der Waals surface area contributed by atoms with Gasteiger partial charge in [-0.25, -0.2) is 15.0 Å². The Balaban J connectivity index is 1.52. The van der Waals surface area contributed by atoms with Gasteiger partial charge in [-0.1, -0.05) is 84.4 Å². The lowest BCUT2D eigenvalue weighted by Gasteiger charge is -2.14. The van der Waals surface area contributed by atoms with Gasteiger partial charge in [-0.15, -0.1) is 0 Å². The molecular weight excluding hydrogens is 490 g/mol. The van der Waals surface area contributed by atoms with E-state index in [4.69, 9.17) is 15.0 Å². The molecule has 2 heterocycles. The average Bonchev–Trinajstić information content (AvgIpc) is 3.34. The number of nitriles is 1. The van der Waals surface area contributed by atoms with Crippen LogP contribution in [0.5, 0.6) is 0 Å². The van der Waals surface area contributed by atoms with Crippen molar-refractivity contribution in [1.82, 2.24) is 19.5 Å². The molecule has 7 aromatic rings. The predicted molar refractivity (Wildman–Crippen MR) is 160 cm³/mol. The number of fused-ring (bicyclic) bond motifs is 3. The first-order valence-electron chi connectivity index (χ1n) is 13.1. The molecule has 0 spiro atoms. The molecule has 0 saturated carbocycles. The Bertz CT molecular complexity index is 2010. The minimum absolute atomic E-state index is 0.596. The molecule has 188 valence electrons. The third kappa shape index (κ3) is 4.00. The predicted octanol–water partition coefficient (Wildman–Crippen LogP) is 8.15. The van der Waals surface area contributed by atoms with Crippen LogP contribution in [-0.4, -0.2) is 19.5 Å². The highest BCUT2D eigenvalue weighted by atomic mass is 15.1. The Labute approximate surface area is 231 Å². The summed E-state index contributed by atoms with van der Waals surface area (Å²) in [5.74, 6) is 1.84. The molecule has 0 radical (unpaired) electrons. The van der Waals surface area contributed by atoms with E-state index in [2.05, 4.69) is 47.9 Å². The molecule has 0 unspecified atom stereocenters. The number of rotatable bonds is 4. The molecule has 0 fully saturated rings. The maximum atomic E-state index is 9.60. The van der Waals surface area contributed by atoms with Crippen molar-refractivity contribution in [3.8, 4) is 45.9 Å². The SMILES string of the molecule is Cc1ccc2c(c1)c1cc(C#N)ccc1n2-c1ccccc1-c1nc(-c2ccccc2)nc(-c2ccccc2)n1. The lowest BCUT2D eigenvalue weighted by Crippen LogP contribution is -2.03. The number of hydrogen-bond donors (Lipinski definition) is 0. The quantitative estimate of drug-likeness (QED) is 0.238. The van der Waals surface area contributed by atoms with Crippen LogP contribution in [0, 0.1) is 18.3 Å². The number of benzene rings is 5. The molecule has 0 bridgehead atoms. The van der Waals surface area contributed by atoms with Gasteiger partial charge in [-0.2, -0.15) is 5.26 Å². The molecule has 5 aromatic carbocycles. The van der Waals surface area contributed by atoms with Crippen molar-refractivity contribution in [1.29, 1.82) is 5.26 Å². The molecule has 40 heavy (non-hydrogen) atoms. The first kappa shape index (κ1) is 23.5. The summed E-state index contributed by atoms with van der Waals surface area (Å²) in [7, 11) is 0. The highest BCUT2D eigenvalue weighted by Gasteiger charge is 2.19. The largest absolute Gasteiger partial charge is 0.309 e. The van der Waals surface area contributed by atoms with Gasteiger partial charge in [-0.3, -0.25) is 0 Å². The van der Waals surface area contributed by atoms with E-state index in [1.54, 1.807) is 0 Å². The molecule has 0 aliphatic carbocycles. The Hall–Kier alpha value is -5.60. The second-order valence-electron chi connectivity index (χ2n) is 9.76. The van der Waals surface area contributed by atoms with Crippen molar-refractivity contribution in [3.05, 3.63) is 132 Å². The van der Waals surface area contributed by atoms with Crippen LogP contribution in [0.1, 0.15) is 11.1 Å². The van der Waals surface area contributed by atoms with Gasteiger partial charge < -0.3 is 4.57 Å². The molecule has 0 atom stereocenters. The fraction of sp³-hybridized carbons (Fsp3) is 0.0286. The summed E-state index contributed by atoms with van der Waals surface area (Å²) in [6.45, 7) is 2.09. The van der Waals surface area contributed by atoms with Crippen LogP contribution in [0.2, 0.25) is 0 Å². The Morgan fingerprint density at radius 1 is 0.575 bits per heavy atom. The zero-order valence-corrected chi connectivity index (χ0v) is 21.8. The number of hydrogen-bond acceptors (Lipinski definition) is 4. The summed E-state index contributed by atoms with van der Waals surface area (Å²) in [6.07, 6.45) is 0. The van der Waals surface area contributed by atoms with Crippen molar-refractivity contribution < 1.29 is 0 Å². The van der Waals surface area contributed by atoms with Gasteiger partial charge in [0.05, 0.1) is 28.4 Å². The monoisotopic (exact) mass is 513 g/mol. The van der Waals surface area contributed by atoms with Gasteiger partial charge in [0.1, 0.15) is 0 Å². The summed E-state index contributed by atoms with van der Waals surface area (Å²) in [6, 6.07) is 42.8. The molecule has 0 N–H and O–H groups in total. The molecular formula is C35H23N5. The second-order valence-corrected chi connectivity index (χ2v) is 9.76. The zero-order valence-electron chi connectivity index (χ0n) is 21.8. The molecule has 5 nitrogen and oxygen atoms in total. The minimum atomic E-state index is 0.596. The molecule has 0 amide bonds. The molecule has 0 saturated heterocycles. The van der Waals surface area contributed by atoms with E-state index < -0.39 is 0 Å². The van der Waals surface area contributed by atoms with Crippen LogP contribution in [-0.2, 0) is 0 Å². The first-order chi connectivity index (χ1) is 19.7. The van der Waals surface area contributed by atoms with E-state index >= 15 is 0 Å².